The van der Waals surface area contributed by atoms with E-state index in [9.17, 15) is 4.79 Å². The van der Waals surface area contributed by atoms with E-state index in [1.54, 1.807) is 30.9 Å². The van der Waals surface area contributed by atoms with Gasteiger partial charge in [-0.05, 0) is 13.0 Å². The number of rotatable bonds is 4. The van der Waals surface area contributed by atoms with Crippen molar-refractivity contribution in [2.24, 2.45) is 7.05 Å². The zero-order valence-electron chi connectivity index (χ0n) is 9.79. The van der Waals surface area contributed by atoms with Gasteiger partial charge in [0.15, 0.2) is 0 Å². The normalized spacial score (nSPS) is 13.0. The molecule has 0 radical (unpaired) electrons. The Balaban J connectivity index is 2.60. The van der Waals surface area contributed by atoms with Gasteiger partial charge in [0, 0.05) is 31.9 Å². The minimum Gasteiger partial charge on any atom is -0.394 e. The van der Waals surface area contributed by atoms with Crippen LogP contribution in [0.25, 0.3) is 6.08 Å². The molecule has 0 fully saturated rings. The van der Waals surface area contributed by atoms with Crippen molar-refractivity contribution in [1.29, 1.82) is 0 Å². The molecule has 0 spiro atoms. The highest BCUT2D eigenvalue weighted by atomic mass is 16.3. The molecular formula is C11H17N3O2. The summed E-state index contributed by atoms with van der Waals surface area (Å²) in [6.07, 6.45) is 6.68. The fourth-order valence-corrected chi connectivity index (χ4v) is 1.15. The Labute approximate surface area is 95.0 Å². The Hall–Kier alpha value is -1.62. The molecule has 1 atom stereocenters. The van der Waals surface area contributed by atoms with Crippen molar-refractivity contribution in [3.8, 4) is 0 Å². The number of aliphatic hydroxyl groups excluding tert-OH is 1. The fourth-order valence-electron chi connectivity index (χ4n) is 1.15. The second kappa shape index (κ2) is 5.46. The average molecular weight is 223 g/mol. The molecule has 0 bridgehead atoms. The number of aromatic nitrogens is 2. The smallest absolute Gasteiger partial charge is 0.246 e. The van der Waals surface area contributed by atoms with E-state index in [2.05, 4.69) is 5.10 Å². The lowest BCUT2D eigenvalue weighted by Crippen LogP contribution is -2.36. The first-order chi connectivity index (χ1) is 7.54. The Morgan fingerprint density at radius 3 is 2.94 bits per heavy atom. The van der Waals surface area contributed by atoms with E-state index in [-0.39, 0.29) is 18.6 Å². The van der Waals surface area contributed by atoms with Crippen molar-refractivity contribution >= 4 is 12.0 Å². The first kappa shape index (κ1) is 12.4. The topological polar surface area (TPSA) is 58.4 Å². The second-order valence-electron chi connectivity index (χ2n) is 3.76. The van der Waals surface area contributed by atoms with Crippen molar-refractivity contribution in [1.82, 2.24) is 14.7 Å². The molecule has 0 saturated heterocycles. The van der Waals surface area contributed by atoms with Crippen molar-refractivity contribution in [2.45, 2.75) is 13.0 Å². The zero-order valence-corrected chi connectivity index (χ0v) is 9.79. The lowest BCUT2D eigenvalue weighted by Gasteiger charge is -2.21. The third kappa shape index (κ3) is 3.20. The van der Waals surface area contributed by atoms with E-state index >= 15 is 0 Å². The number of aliphatic hydroxyl groups is 1. The number of aryl methyl sites for hydroxylation is 1. The van der Waals surface area contributed by atoms with Gasteiger partial charge in [-0.25, -0.2) is 0 Å². The van der Waals surface area contributed by atoms with Crippen LogP contribution in [0, 0.1) is 0 Å². The van der Waals surface area contributed by atoms with Crippen LogP contribution in [-0.4, -0.2) is 45.4 Å². The first-order valence-corrected chi connectivity index (χ1v) is 5.09. The van der Waals surface area contributed by atoms with Crippen LogP contribution in [0.2, 0.25) is 0 Å². The van der Waals surface area contributed by atoms with Crippen LogP contribution in [0.5, 0.6) is 0 Å². The molecule has 16 heavy (non-hydrogen) atoms. The molecule has 5 nitrogen and oxygen atoms in total. The van der Waals surface area contributed by atoms with Gasteiger partial charge < -0.3 is 10.0 Å². The van der Waals surface area contributed by atoms with Gasteiger partial charge in [0.25, 0.3) is 0 Å². The van der Waals surface area contributed by atoms with Gasteiger partial charge >= 0.3 is 0 Å². The van der Waals surface area contributed by atoms with Gasteiger partial charge in [-0.15, -0.1) is 0 Å². The van der Waals surface area contributed by atoms with Crippen LogP contribution in [-0.2, 0) is 11.8 Å². The highest BCUT2D eigenvalue weighted by molar-refractivity contribution is 5.91. The van der Waals surface area contributed by atoms with E-state index in [4.69, 9.17) is 5.11 Å². The number of amides is 1. The van der Waals surface area contributed by atoms with Crippen molar-refractivity contribution < 1.29 is 9.90 Å². The molecule has 0 aliphatic carbocycles. The summed E-state index contributed by atoms with van der Waals surface area (Å²) in [5.41, 5.74) is 0.876. The van der Waals surface area contributed by atoms with Gasteiger partial charge in [-0.1, -0.05) is 0 Å². The molecule has 0 saturated carbocycles. The molecule has 1 aromatic heterocycles. The van der Waals surface area contributed by atoms with Crippen molar-refractivity contribution in [2.75, 3.05) is 13.7 Å². The summed E-state index contributed by atoms with van der Waals surface area (Å²) >= 11 is 0. The largest absolute Gasteiger partial charge is 0.394 e. The summed E-state index contributed by atoms with van der Waals surface area (Å²) in [5.74, 6) is -0.134. The highest BCUT2D eigenvalue weighted by Crippen LogP contribution is 2.02. The molecule has 1 aromatic rings. The monoisotopic (exact) mass is 223 g/mol. The third-order valence-electron chi connectivity index (χ3n) is 2.42. The maximum Gasteiger partial charge on any atom is 0.246 e. The Morgan fingerprint density at radius 2 is 2.44 bits per heavy atom. The van der Waals surface area contributed by atoms with Crippen LogP contribution >= 0.6 is 0 Å². The maximum absolute atomic E-state index is 11.6. The minimum atomic E-state index is -0.175. The van der Waals surface area contributed by atoms with Gasteiger partial charge in [-0.2, -0.15) is 5.10 Å². The van der Waals surface area contributed by atoms with Crippen LogP contribution in [0.1, 0.15) is 12.5 Å². The lowest BCUT2D eigenvalue weighted by atomic mass is 10.3. The van der Waals surface area contributed by atoms with Crippen LogP contribution in [0.15, 0.2) is 18.5 Å². The summed E-state index contributed by atoms with van der Waals surface area (Å²) in [7, 11) is 3.48. The summed E-state index contributed by atoms with van der Waals surface area (Å²) in [6, 6.07) is -0.175. The summed E-state index contributed by atoms with van der Waals surface area (Å²) in [4.78, 5) is 13.1. The molecule has 1 N–H and O–H groups in total. The lowest BCUT2D eigenvalue weighted by molar-refractivity contribution is -0.127. The molecule has 0 aliphatic heterocycles. The van der Waals surface area contributed by atoms with E-state index in [0.717, 1.165) is 5.56 Å². The van der Waals surface area contributed by atoms with Crippen LogP contribution in [0.4, 0.5) is 0 Å². The minimum absolute atomic E-state index is 0.0387. The Morgan fingerprint density at radius 1 is 1.75 bits per heavy atom. The summed E-state index contributed by atoms with van der Waals surface area (Å²) < 4.78 is 1.67. The number of hydrogen-bond donors (Lipinski definition) is 1. The molecule has 1 rings (SSSR count). The first-order valence-electron chi connectivity index (χ1n) is 5.09. The zero-order chi connectivity index (χ0) is 12.1. The number of nitrogens with zero attached hydrogens (tertiary/aromatic N) is 3. The maximum atomic E-state index is 11.6. The van der Waals surface area contributed by atoms with E-state index in [0.29, 0.717) is 0 Å². The predicted octanol–water partition coefficient (Wildman–Crippen LogP) is 0.272. The molecule has 88 valence electrons. The van der Waals surface area contributed by atoms with Gasteiger partial charge in [0.1, 0.15) is 0 Å². The second-order valence-corrected chi connectivity index (χ2v) is 3.76. The quantitative estimate of drug-likeness (QED) is 0.745. The molecule has 1 unspecified atom stereocenters. The third-order valence-corrected chi connectivity index (χ3v) is 2.42. The van der Waals surface area contributed by atoms with Gasteiger partial charge in [0.2, 0.25) is 5.91 Å². The van der Waals surface area contributed by atoms with Crippen LogP contribution < -0.4 is 0 Å². The fraction of sp³-hybridized carbons (Fsp3) is 0.455. The van der Waals surface area contributed by atoms with Gasteiger partial charge in [-0.3, -0.25) is 9.48 Å². The summed E-state index contributed by atoms with van der Waals surface area (Å²) in [5, 5.41) is 12.9. The molecule has 5 heteroatoms. The van der Waals surface area contributed by atoms with Crippen LogP contribution in [0.3, 0.4) is 0 Å². The highest BCUT2D eigenvalue weighted by Gasteiger charge is 2.11. The number of likely N-dealkylation sites (N-methyl/N-ethyl adjacent to an activating group) is 1. The molecule has 1 heterocycles. The summed E-state index contributed by atoms with van der Waals surface area (Å²) in [6.45, 7) is 1.75. The number of carbonyl (C=O) groups is 1. The molecule has 1 amide bonds. The average Bonchev–Trinajstić information content (AvgIpc) is 2.69. The van der Waals surface area contributed by atoms with Crippen molar-refractivity contribution in [3.63, 3.8) is 0 Å². The standard InChI is InChI=1S/C11H17N3O2/c1-9(8-15)14(3)11(16)5-4-10-6-12-13(2)7-10/h4-7,9,15H,8H2,1-3H3/b5-4+. The SMILES string of the molecule is CC(CO)N(C)C(=O)/C=C/c1cnn(C)c1. The van der Waals surface area contributed by atoms with E-state index < -0.39 is 0 Å². The molecule has 0 aromatic carbocycles. The number of hydrogen-bond acceptors (Lipinski definition) is 3. The number of carbonyl (C=O) groups excluding carboxylic acids is 1. The van der Waals surface area contributed by atoms with Crippen molar-refractivity contribution in [3.05, 3.63) is 24.0 Å². The Bertz CT molecular complexity index is 384. The van der Waals surface area contributed by atoms with E-state index in [1.165, 1.54) is 11.0 Å². The Kier molecular flexibility index (Phi) is 4.25. The molecule has 0 aliphatic rings. The van der Waals surface area contributed by atoms with E-state index in [1.807, 2.05) is 13.2 Å². The molecular weight excluding hydrogens is 206 g/mol. The predicted molar refractivity (Wildman–Crippen MR) is 61.6 cm³/mol. The van der Waals surface area contributed by atoms with Gasteiger partial charge in [0.05, 0.1) is 18.8 Å².